The Labute approximate surface area is 116 Å². The molecule has 0 aromatic carbocycles. The van der Waals surface area contributed by atoms with Crippen LogP contribution in [0.3, 0.4) is 0 Å². The van der Waals surface area contributed by atoms with Crippen molar-refractivity contribution >= 4 is 5.91 Å². The number of hydrogen-bond acceptors (Lipinski definition) is 3. The van der Waals surface area contributed by atoms with Gasteiger partial charge in [0.05, 0.1) is 17.1 Å². The van der Waals surface area contributed by atoms with Gasteiger partial charge in [0, 0.05) is 19.6 Å². The van der Waals surface area contributed by atoms with Crippen molar-refractivity contribution in [2.24, 2.45) is 5.41 Å². The minimum Gasteiger partial charge on any atom is -0.369 e. The zero-order chi connectivity index (χ0) is 14.1. The van der Waals surface area contributed by atoms with Crippen LogP contribution in [0.15, 0.2) is 0 Å². The van der Waals surface area contributed by atoms with Crippen molar-refractivity contribution < 1.29 is 9.53 Å². The lowest BCUT2D eigenvalue weighted by molar-refractivity contribution is -0.166. The lowest BCUT2D eigenvalue weighted by atomic mass is 9.80. The molecule has 2 saturated heterocycles. The lowest BCUT2D eigenvalue weighted by Crippen LogP contribution is -2.57. The van der Waals surface area contributed by atoms with Gasteiger partial charge in [-0.2, -0.15) is 0 Å². The van der Waals surface area contributed by atoms with E-state index in [4.69, 9.17) is 4.74 Å². The van der Waals surface area contributed by atoms with Crippen LogP contribution in [0.1, 0.15) is 47.0 Å². The van der Waals surface area contributed by atoms with Gasteiger partial charge in [-0.05, 0) is 40.2 Å². The van der Waals surface area contributed by atoms with E-state index in [1.807, 2.05) is 4.90 Å². The van der Waals surface area contributed by atoms with Crippen molar-refractivity contribution in [3.05, 3.63) is 0 Å². The maximum absolute atomic E-state index is 13.0. The minimum atomic E-state index is -0.229. The summed E-state index contributed by atoms with van der Waals surface area (Å²) in [5.74, 6) is 0.336. The van der Waals surface area contributed by atoms with Crippen molar-refractivity contribution in [2.45, 2.75) is 58.7 Å². The number of morpholine rings is 1. The molecule has 110 valence electrons. The molecule has 0 spiro atoms. The predicted molar refractivity (Wildman–Crippen MR) is 76.0 cm³/mol. The molecule has 4 heteroatoms. The second-order valence-electron chi connectivity index (χ2n) is 6.83. The average molecular weight is 268 g/mol. The molecule has 1 N–H and O–H groups in total. The molecule has 2 aliphatic rings. The molecule has 2 unspecified atom stereocenters. The first-order chi connectivity index (χ1) is 8.88. The quantitative estimate of drug-likeness (QED) is 0.848. The zero-order valence-electron chi connectivity index (χ0n) is 12.8. The van der Waals surface area contributed by atoms with Gasteiger partial charge < -0.3 is 15.0 Å². The Morgan fingerprint density at radius 2 is 2.21 bits per heavy atom. The van der Waals surface area contributed by atoms with Gasteiger partial charge in [-0.15, -0.1) is 0 Å². The lowest BCUT2D eigenvalue weighted by Gasteiger charge is -2.44. The highest BCUT2D eigenvalue weighted by Crippen LogP contribution is 2.35. The molecule has 1 amide bonds. The third kappa shape index (κ3) is 3.11. The largest absolute Gasteiger partial charge is 0.369 e. The second-order valence-corrected chi connectivity index (χ2v) is 6.83. The fourth-order valence-corrected chi connectivity index (χ4v) is 3.67. The Morgan fingerprint density at radius 3 is 2.74 bits per heavy atom. The van der Waals surface area contributed by atoms with Crippen LogP contribution >= 0.6 is 0 Å². The number of rotatable bonds is 3. The van der Waals surface area contributed by atoms with Gasteiger partial charge in [-0.25, -0.2) is 0 Å². The first kappa shape index (κ1) is 14.8. The van der Waals surface area contributed by atoms with Gasteiger partial charge >= 0.3 is 0 Å². The van der Waals surface area contributed by atoms with Crippen molar-refractivity contribution in [3.63, 3.8) is 0 Å². The SMILES string of the molecule is CCCC1(C(=O)N2CC(C)OC(C)(C)C2)CCNC1. The topological polar surface area (TPSA) is 41.6 Å². The molecule has 0 radical (unpaired) electrons. The number of ether oxygens (including phenoxy) is 1. The van der Waals surface area contributed by atoms with E-state index >= 15 is 0 Å². The number of amides is 1. The van der Waals surface area contributed by atoms with Gasteiger partial charge in [0.2, 0.25) is 5.91 Å². The number of carbonyl (C=O) groups is 1. The van der Waals surface area contributed by atoms with Crippen LogP contribution in [0.25, 0.3) is 0 Å². The predicted octanol–water partition coefficient (Wildman–Crippen LogP) is 1.79. The normalized spacial score (nSPS) is 34.5. The number of nitrogens with zero attached hydrogens (tertiary/aromatic N) is 1. The Kier molecular flexibility index (Phi) is 4.21. The van der Waals surface area contributed by atoms with E-state index in [2.05, 4.69) is 33.0 Å². The molecule has 0 bridgehead atoms. The van der Waals surface area contributed by atoms with E-state index in [0.717, 1.165) is 38.9 Å². The van der Waals surface area contributed by atoms with Crippen molar-refractivity contribution in [3.8, 4) is 0 Å². The van der Waals surface area contributed by atoms with Crippen LogP contribution in [-0.4, -0.2) is 48.7 Å². The van der Waals surface area contributed by atoms with Crippen LogP contribution in [0.2, 0.25) is 0 Å². The third-order valence-electron chi connectivity index (χ3n) is 4.28. The van der Waals surface area contributed by atoms with Crippen molar-refractivity contribution in [1.82, 2.24) is 10.2 Å². The van der Waals surface area contributed by atoms with E-state index in [9.17, 15) is 4.79 Å². The molecule has 2 heterocycles. The molecule has 2 rings (SSSR count). The van der Waals surface area contributed by atoms with Crippen LogP contribution in [0, 0.1) is 5.41 Å². The zero-order valence-corrected chi connectivity index (χ0v) is 12.8. The van der Waals surface area contributed by atoms with E-state index < -0.39 is 0 Å². The first-order valence-electron chi connectivity index (χ1n) is 7.56. The molecule has 4 nitrogen and oxygen atoms in total. The fraction of sp³-hybridized carbons (Fsp3) is 0.933. The summed E-state index contributed by atoms with van der Waals surface area (Å²) in [6.07, 6.45) is 3.16. The molecule has 0 aliphatic carbocycles. The smallest absolute Gasteiger partial charge is 0.230 e. The number of nitrogens with one attached hydrogen (secondary N) is 1. The summed E-state index contributed by atoms with van der Waals surface area (Å²) in [5, 5.41) is 3.37. The van der Waals surface area contributed by atoms with Gasteiger partial charge in [-0.3, -0.25) is 4.79 Å². The summed E-state index contributed by atoms with van der Waals surface area (Å²) in [7, 11) is 0. The van der Waals surface area contributed by atoms with Gasteiger partial charge in [0.25, 0.3) is 0 Å². The van der Waals surface area contributed by atoms with E-state index in [0.29, 0.717) is 12.5 Å². The summed E-state index contributed by atoms with van der Waals surface area (Å²) < 4.78 is 5.90. The van der Waals surface area contributed by atoms with Crippen molar-refractivity contribution in [2.75, 3.05) is 26.2 Å². The molecule has 2 atom stereocenters. The molecule has 0 saturated carbocycles. The van der Waals surface area contributed by atoms with E-state index in [1.54, 1.807) is 0 Å². The number of hydrogen-bond donors (Lipinski definition) is 1. The van der Waals surface area contributed by atoms with Gasteiger partial charge in [-0.1, -0.05) is 13.3 Å². The third-order valence-corrected chi connectivity index (χ3v) is 4.28. The van der Waals surface area contributed by atoms with Crippen LogP contribution < -0.4 is 5.32 Å². The van der Waals surface area contributed by atoms with E-state index in [-0.39, 0.29) is 17.1 Å². The van der Waals surface area contributed by atoms with Crippen LogP contribution in [0.4, 0.5) is 0 Å². The molecule has 2 aliphatic heterocycles. The maximum Gasteiger partial charge on any atom is 0.230 e. The summed E-state index contributed by atoms with van der Waals surface area (Å²) in [4.78, 5) is 15.0. The Balaban J connectivity index is 2.13. The van der Waals surface area contributed by atoms with E-state index in [1.165, 1.54) is 0 Å². The first-order valence-corrected chi connectivity index (χ1v) is 7.56. The number of carbonyl (C=O) groups excluding carboxylic acids is 1. The molecule has 19 heavy (non-hydrogen) atoms. The fourth-order valence-electron chi connectivity index (χ4n) is 3.67. The minimum absolute atomic E-state index is 0.126. The van der Waals surface area contributed by atoms with Crippen LogP contribution in [-0.2, 0) is 9.53 Å². The molecule has 2 fully saturated rings. The van der Waals surface area contributed by atoms with Crippen molar-refractivity contribution in [1.29, 1.82) is 0 Å². The molecular formula is C15H28N2O2. The van der Waals surface area contributed by atoms with Crippen LogP contribution in [0.5, 0.6) is 0 Å². The Morgan fingerprint density at radius 1 is 1.47 bits per heavy atom. The highest BCUT2D eigenvalue weighted by Gasteiger charge is 2.45. The second kappa shape index (κ2) is 5.41. The van der Waals surface area contributed by atoms with Gasteiger partial charge in [0.15, 0.2) is 0 Å². The average Bonchev–Trinajstić information content (AvgIpc) is 2.75. The standard InChI is InChI=1S/C15H28N2O2/c1-5-6-15(7-8-16-10-15)13(18)17-9-12(2)19-14(3,4)11-17/h12,16H,5-11H2,1-4H3. The van der Waals surface area contributed by atoms with Gasteiger partial charge in [0.1, 0.15) is 0 Å². The molecule has 0 aromatic rings. The monoisotopic (exact) mass is 268 g/mol. The summed E-state index contributed by atoms with van der Waals surface area (Å²) in [5.41, 5.74) is -0.394. The summed E-state index contributed by atoms with van der Waals surface area (Å²) in [6.45, 7) is 11.6. The Hall–Kier alpha value is -0.610. The highest BCUT2D eigenvalue weighted by atomic mass is 16.5. The summed E-state index contributed by atoms with van der Waals surface area (Å²) >= 11 is 0. The summed E-state index contributed by atoms with van der Waals surface area (Å²) in [6, 6.07) is 0. The molecule has 0 aromatic heterocycles. The molecular weight excluding hydrogens is 240 g/mol. The Bertz CT molecular complexity index is 335. The highest BCUT2D eigenvalue weighted by molar-refractivity contribution is 5.83. The maximum atomic E-state index is 13.0.